The molecule has 35 heavy (non-hydrogen) atoms. The van der Waals surface area contributed by atoms with Crippen molar-refractivity contribution in [2.75, 3.05) is 0 Å². The summed E-state index contributed by atoms with van der Waals surface area (Å²) in [6.07, 6.45) is 23.0. The van der Waals surface area contributed by atoms with Crippen LogP contribution in [0, 0.1) is 41.9 Å². The number of nitrogens with zero attached hydrogens (tertiary/aromatic N) is 1. The third-order valence-electron chi connectivity index (χ3n) is 8.31. The van der Waals surface area contributed by atoms with E-state index in [4.69, 9.17) is 10.00 Å². The molecule has 0 heterocycles. The molecule has 2 aliphatic carbocycles. The van der Waals surface area contributed by atoms with Gasteiger partial charge in [-0.25, -0.2) is 4.79 Å². The Morgan fingerprint density at radius 2 is 1.71 bits per heavy atom. The summed E-state index contributed by atoms with van der Waals surface area (Å²) < 4.78 is 5.02. The molecule has 3 rings (SSSR count). The molecule has 188 valence electrons. The third-order valence-corrected chi connectivity index (χ3v) is 8.31. The normalized spacial score (nSPS) is 25.9. The molecule has 2 fully saturated rings. The largest absolute Gasteiger partial charge is 0.416 e. The topological polar surface area (TPSA) is 50.1 Å². The van der Waals surface area contributed by atoms with Gasteiger partial charge in [0, 0.05) is 0 Å². The highest BCUT2D eigenvalue weighted by Gasteiger charge is 2.31. The number of hydrogen-bond donors (Lipinski definition) is 0. The second-order valence-electron chi connectivity index (χ2n) is 10.7. The van der Waals surface area contributed by atoms with Crippen molar-refractivity contribution in [3.8, 4) is 11.8 Å². The molecule has 0 aliphatic heterocycles. The van der Waals surface area contributed by atoms with E-state index in [1.807, 2.05) is 19.1 Å². The van der Waals surface area contributed by atoms with E-state index >= 15 is 0 Å². The molecule has 0 unspecified atom stereocenters. The van der Waals surface area contributed by atoms with Gasteiger partial charge in [0.05, 0.1) is 0 Å². The lowest BCUT2D eigenvalue weighted by Gasteiger charge is -2.38. The zero-order chi connectivity index (χ0) is 25.2. The van der Waals surface area contributed by atoms with Crippen LogP contribution in [0.3, 0.4) is 0 Å². The van der Waals surface area contributed by atoms with Crippen LogP contribution in [0.15, 0.2) is 48.1 Å². The summed E-state index contributed by atoms with van der Waals surface area (Å²) >= 11 is 0. The summed E-state index contributed by atoms with van der Waals surface area (Å²) in [5, 5.41) is 8.64. The van der Waals surface area contributed by atoms with Gasteiger partial charge in [0.15, 0.2) is 6.07 Å². The molecule has 1 aromatic rings. The molecule has 0 atom stereocenters. The highest BCUT2D eigenvalue weighted by molar-refractivity contribution is 5.87. The first-order chi connectivity index (χ1) is 16.9. The number of ether oxygens (including phenoxy) is 1. The summed E-state index contributed by atoms with van der Waals surface area (Å²) in [5.41, 5.74) is 4.77. The molecule has 2 saturated carbocycles. The summed E-state index contributed by atoms with van der Waals surface area (Å²) in [6.45, 7) is 8.56. The van der Waals surface area contributed by atoms with Crippen molar-refractivity contribution >= 4 is 11.5 Å². The third kappa shape index (κ3) is 7.69. The van der Waals surface area contributed by atoms with Crippen molar-refractivity contribution < 1.29 is 9.53 Å². The maximum atomic E-state index is 11.2. The number of benzene rings is 1. The second-order valence-corrected chi connectivity index (χ2v) is 10.7. The van der Waals surface area contributed by atoms with E-state index in [2.05, 4.69) is 45.1 Å². The molecule has 3 nitrogen and oxygen atoms in total. The lowest BCUT2D eigenvalue weighted by atomic mass is 9.68. The number of carbonyl (C=O) groups excluding carboxylic acids is 1. The van der Waals surface area contributed by atoms with Gasteiger partial charge < -0.3 is 4.74 Å². The van der Waals surface area contributed by atoms with Crippen molar-refractivity contribution in [1.82, 2.24) is 0 Å². The zero-order valence-electron chi connectivity index (χ0n) is 22.2. The average Bonchev–Trinajstić information content (AvgIpc) is 2.87. The van der Waals surface area contributed by atoms with Gasteiger partial charge >= 0.3 is 5.97 Å². The SMILES string of the molecule is C\C=C/C(=C\C=C(/C)c1ccc(OC(=O)C#N)cc1C)C1CCC(C2CCC(CCC)CC2)CC1. The smallest absolute Gasteiger partial charge is 0.415 e. The van der Waals surface area contributed by atoms with Gasteiger partial charge in [-0.2, -0.15) is 5.26 Å². The molecule has 1 aromatic carbocycles. The van der Waals surface area contributed by atoms with E-state index < -0.39 is 5.97 Å². The van der Waals surface area contributed by atoms with Gasteiger partial charge in [0.2, 0.25) is 0 Å². The molecule has 0 spiro atoms. The Labute approximate surface area is 213 Å². The molecule has 0 radical (unpaired) electrons. The Balaban J connectivity index is 1.62. The van der Waals surface area contributed by atoms with Crippen molar-refractivity contribution in [1.29, 1.82) is 5.26 Å². The second kappa shape index (κ2) is 13.5. The standard InChI is InChI=1S/C32H43NO2/c1-5-7-25-10-13-27(14-11-25)29-17-15-28(16-18-29)26(8-6-2)12-9-23(3)31-20-19-30(21-24(31)4)35-32(34)22-33/h6,8-9,12,19-21,25,27-29H,5,7,10-11,13-18H2,1-4H3/b8-6-,23-9+,26-12+. The van der Waals surface area contributed by atoms with Gasteiger partial charge in [-0.15, -0.1) is 0 Å². The predicted molar refractivity (Wildman–Crippen MR) is 145 cm³/mol. The van der Waals surface area contributed by atoms with E-state index in [9.17, 15) is 4.79 Å². The maximum absolute atomic E-state index is 11.2. The average molecular weight is 474 g/mol. The van der Waals surface area contributed by atoms with Crippen LogP contribution in [0.2, 0.25) is 0 Å². The van der Waals surface area contributed by atoms with Crippen molar-refractivity contribution in [2.45, 2.75) is 91.9 Å². The van der Waals surface area contributed by atoms with Crippen LogP contribution in [-0.4, -0.2) is 5.97 Å². The molecule has 2 aliphatic rings. The number of aryl methyl sites for hydroxylation is 1. The number of allylic oxidation sites excluding steroid dienone is 6. The fraction of sp³-hybridized carbons (Fsp3) is 0.562. The lowest BCUT2D eigenvalue weighted by molar-refractivity contribution is -0.128. The summed E-state index contributed by atoms with van der Waals surface area (Å²) in [6, 6.07) is 7.02. The van der Waals surface area contributed by atoms with Crippen molar-refractivity contribution in [3.63, 3.8) is 0 Å². The van der Waals surface area contributed by atoms with Crippen LogP contribution in [0.1, 0.15) is 96.1 Å². The van der Waals surface area contributed by atoms with Crippen LogP contribution in [0.4, 0.5) is 0 Å². The molecule has 0 bridgehead atoms. The molecule has 0 amide bonds. The van der Waals surface area contributed by atoms with E-state index in [1.54, 1.807) is 6.07 Å². The Hall–Kier alpha value is -2.60. The van der Waals surface area contributed by atoms with E-state index in [-0.39, 0.29) is 0 Å². The first-order valence-electron chi connectivity index (χ1n) is 13.7. The number of nitriles is 1. The molecule has 3 heteroatoms. The molecule has 0 aromatic heterocycles. The van der Waals surface area contributed by atoms with Crippen LogP contribution in [0.25, 0.3) is 5.57 Å². The highest BCUT2D eigenvalue weighted by Crippen LogP contribution is 2.43. The summed E-state index contributed by atoms with van der Waals surface area (Å²) in [5.74, 6) is 3.08. The van der Waals surface area contributed by atoms with Crippen molar-refractivity contribution in [2.24, 2.45) is 23.7 Å². The highest BCUT2D eigenvalue weighted by atomic mass is 16.5. The first kappa shape index (κ1) is 27.0. The quantitative estimate of drug-likeness (QED) is 0.164. The molecule has 0 saturated heterocycles. The Morgan fingerprint density at radius 1 is 1.06 bits per heavy atom. The number of carbonyl (C=O) groups is 1. The minimum atomic E-state index is -0.887. The van der Waals surface area contributed by atoms with E-state index in [1.165, 1.54) is 81.4 Å². The van der Waals surface area contributed by atoms with Gasteiger partial charge in [-0.05, 0) is 117 Å². The minimum absolute atomic E-state index is 0.409. The predicted octanol–water partition coefficient (Wildman–Crippen LogP) is 8.74. The number of esters is 1. The Bertz CT molecular complexity index is 977. The maximum Gasteiger partial charge on any atom is 0.416 e. The van der Waals surface area contributed by atoms with Gasteiger partial charge in [0.25, 0.3) is 0 Å². The van der Waals surface area contributed by atoms with Crippen LogP contribution in [-0.2, 0) is 4.79 Å². The Kier molecular flexibility index (Phi) is 10.4. The minimum Gasteiger partial charge on any atom is -0.415 e. The lowest BCUT2D eigenvalue weighted by Crippen LogP contribution is -2.26. The van der Waals surface area contributed by atoms with E-state index in [0.29, 0.717) is 11.7 Å². The van der Waals surface area contributed by atoms with Gasteiger partial charge in [-0.3, -0.25) is 0 Å². The molecular formula is C32H43NO2. The van der Waals surface area contributed by atoms with Crippen LogP contribution in [0.5, 0.6) is 5.75 Å². The summed E-state index contributed by atoms with van der Waals surface area (Å²) in [4.78, 5) is 11.2. The van der Waals surface area contributed by atoms with E-state index in [0.717, 1.165) is 28.9 Å². The fourth-order valence-electron chi connectivity index (χ4n) is 6.38. The van der Waals surface area contributed by atoms with Crippen molar-refractivity contribution in [3.05, 3.63) is 59.2 Å². The number of rotatable bonds is 8. The van der Waals surface area contributed by atoms with Gasteiger partial charge in [0.1, 0.15) is 5.75 Å². The van der Waals surface area contributed by atoms with Crippen LogP contribution >= 0.6 is 0 Å². The zero-order valence-corrected chi connectivity index (χ0v) is 22.2. The summed E-state index contributed by atoms with van der Waals surface area (Å²) in [7, 11) is 0. The number of hydrogen-bond acceptors (Lipinski definition) is 3. The van der Waals surface area contributed by atoms with Gasteiger partial charge in [-0.1, -0.05) is 63.0 Å². The molecular weight excluding hydrogens is 430 g/mol. The first-order valence-corrected chi connectivity index (χ1v) is 13.7. The fourth-order valence-corrected chi connectivity index (χ4v) is 6.38. The monoisotopic (exact) mass is 473 g/mol. The molecule has 0 N–H and O–H groups in total. The van der Waals surface area contributed by atoms with Crippen LogP contribution < -0.4 is 4.74 Å². The Morgan fingerprint density at radius 3 is 2.29 bits per heavy atom.